The molecule has 2 fully saturated rings. The number of imidazole rings is 1. The van der Waals surface area contributed by atoms with Gasteiger partial charge in [-0.3, -0.25) is 4.79 Å². The van der Waals surface area contributed by atoms with E-state index < -0.39 is 11.2 Å². The summed E-state index contributed by atoms with van der Waals surface area (Å²) in [5, 5.41) is 3.26. The Kier molecular flexibility index (Phi) is 3.17. The van der Waals surface area contributed by atoms with Crippen LogP contribution in [0.25, 0.3) is 16.7 Å². The van der Waals surface area contributed by atoms with Crippen LogP contribution in [-0.2, 0) is 0 Å². The van der Waals surface area contributed by atoms with Crippen LogP contribution in [0.5, 0.6) is 0 Å². The molecule has 0 spiro atoms. The van der Waals surface area contributed by atoms with E-state index in [-0.39, 0.29) is 11.9 Å². The lowest BCUT2D eigenvalue weighted by Crippen LogP contribution is -2.43. The number of nitrogens with one attached hydrogen (secondary N) is 1. The van der Waals surface area contributed by atoms with Crippen LogP contribution in [0, 0.1) is 5.82 Å². The molecule has 0 radical (unpaired) electrons. The Hall–Kier alpha value is -2.81. The third kappa shape index (κ3) is 2.10. The highest BCUT2D eigenvalue weighted by molar-refractivity contribution is 5.85. The molecule has 3 N–H and O–H groups in total. The number of piperazine rings is 1. The van der Waals surface area contributed by atoms with Gasteiger partial charge in [0.1, 0.15) is 11.5 Å². The molecule has 0 bridgehead atoms. The lowest BCUT2D eigenvalue weighted by atomic mass is 10.2. The van der Waals surface area contributed by atoms with E-state index in [0.29, 0.717) is 21.5 Å². The molecule has 0 amide bonds. The monoisotopic (exact) mass is 358 g/mol. The average Bonchev–Trinajstić information content (AvgIpc) is 3.42. The topological polar surface area (TPSA) is 89.7 Å². The van der Waals surface area contributed by atoms with Gasteiger partial charge in [-0.1, -0.05) is 0 Å². The van der Waals surface area contributed by atoms with Crippen molar-refractivity contribution in [2.45, 2.75) is 18.9 Å². The zero-order valence-corrected chi connectivity index (χ0v) is 14.1. The third-order valence-corrected chi connectivity index (χ3v) is 5.28. The van der Waals surface area contributed by atoms with Crippen LogP contribution in [0.15, 0.2) is 27.8 Å². The van der Waals surface area contributed by atoms with Crippen LogP contribution in [0.4, 0.5) is 10.1 Å². The predicted molar refractivity (Wildman–Crippen MR) is 96.9 cm³/mol. The van der Waals surface area contributed by atoms with Crippen LogP contribution < -0.4 is 27.3 Å². The Morgan fingerprint density at radius 3 is 2.50 bits per heavy atom. The zero-order valence-electron chi connectivity index (χ0n) is 14.1. The highest BCUT2D eigenvalue weighted by atomic mass is 19.1. The second kappa shape index (κ2) is 5.34. The van der Waals surface area contributed by atoms with E-state index in [1.165, 1.54) is 16.5 Å². The normalized spacial score (nSPS) is 18.1. The van der Waals surface area contributed by atoms with Crippen molar-refractivity contribution >= 4 is 22.4 Å². The van der Waals surface area contributed by atoms with Gasteiger partial charge in [0.2, 0.25) is 0 Å². The molecule has 0 atom stereocenters. The van der Waals surface area contributed by atoms with E-state index in [0.717, 1.165) is 44.5 Å². The van der Waals surface area contributed by atoms with Gasteiger partial charge in [-0.15, -0.1) is 0 Å². The smallest absolute Gasteiger partial charge is 0.356 e. The van der Waals surface area contributed by atoms with E-state index in [1.807, 2.05) is 9.47 Å². The van der Waals surface area contributed by atoms with Crippen molar-refractivity contribution < 1.29 is 4.39 Å². The molecule has 136 valence electrons. The number of hydrogen-bond donors (Lipinski definition) is 2. The highest BCUT2D eigenvalue weighted by Crippen LogP contribution is 2.40. The third-order valence-electron chi connectivity index (χ3n) is 5.28. The van der Waals surface area contributed by atoms with Gasteiger partial charge in [0.25, 0.3) is 5.56 Å². The molecule has 26 heavy (non-hydrogen) atoms. The van der Waals surface area contributed by atoms with Crippen molar-refractivity contribution in [2.24, 2.45) is 0 Å². The second-order valence-electron chi connectivity index (χ2n) is 6.96. The Bertz CT molecular complexity index is 1150. The Balaban J connectivity index is 1.87. The fraction of sp³-hybridized carbons (Fsp3) is 0.412. The van der Waals surface area contributed by atoms with Crippen molar-refractivity contribution in [1.29, 1.82) is 0 Å². The number of fused-ring (bicyclic) bond motifs is 3. The first-order valence-electron chi connectivity index (χ1n) is 8.79. The number of aromatic nitrogens is 3. The first kappa shape index (κ1) is 15.4. The summed E-state index contributed by atoms with van der Waals surface area (Å²) in [4.78, 5) is 26.6. The van der Waals surface area contributed by atoms with Gasteiger partial charge in [0.15, 0.2) is 0 Å². The maximum Gasteiger partial charge on any atom is 0.356 e. The molecule has 5 rings (SSSR count). The van der Waals surface area contributed by atoms with E-state index in [2.05, 4.69) is 5.32 Å². The molecule has 3 heterocycles. The minimum Gasteiger partial charge on any atom is -0.367 e. The fourth-order valence-corrected chi connectivity index (χ4v) is 3.85. The number of nitrogens with two attached hydrogens (primary N) is 1. The van der Waals surface area contributed by atoms with Crippen molar-refractivity contribution in [3.8, 4) is 0 Å². The fourth-order valence-electron chi connectivity index (χ4n) is 3.85. The number of rotatable bonds is 2. The van der Waals surface area contributed by atoms with Crippen molar-refractivity contribution in [1.82, 2.24) is 19.0 Å². The van der Waals surface area contributed by atoms with E-state index >= 15 is 0 Å². The molecule has 1 aliphatic heterocycles. The first-order valence-corrected chi connectivity index (χ1v) is 8.79. The molecule has 3 aromatic rings. The highest BCUT2D eigenvalue weighted by Gasteiger charge is 2.30. The van der Waals surface area contributed by atoms with Crippen LogP contribution in [0.1, 0.15) is 18.9 Å². The largest absolute Gasteiger partial charge is 0.367 e. The van der Waals surface area contributed by atoms with Crippen LogP contribution >= 0.6 is 0 Å². The number of hydrogen-bond acceptors (Lipinski definition) is 5. The van der Waals surface area contributed by atoms with Crippen LogP contribution in [0.2, 0.25) is 0 Å². The minimum atomic E-state index is -0.661. The molecule has 9 heteroatoms. The van der Waals surface area contributed by atoms with E-state index in [9.17, 15) is 14.0 Å². The number of nitrogen functional groups attached to an aromatic ring is 1. The molecule has 1 saturated carbocycles. The molecule has 2 aromatic heterocycles. The molecule has 1 saturated heterocycles. The van der Waals surface area contributed by atoms with Crippen molar-refractivity contribution in [2.75, 3.05) is 36.9 Å². The van der Waals surface area contributed by atoms with Gasteiger partial charge in [-0.2, -0.15) is 4.68 Å². The van der Waals surface area contributed by atoms with Crippen LogP contribution in [-0.4, -0.2) is 39.8 Å². The molecular weight excluding hydrogens is 339 g/mol. The van der Waals surface area contributed by atoms with Gasteiger partial charge in [0, 0.05) is 44.4 Å². The molecule has 1 aromatic carbocycles. The predicted octanol–water partition coefficient (Wildman–Crippen LogP) is 0.0133. The zero-order chi connectivity index (χ0) is 18.0. The summed E-state index contributed by atoms with van der Waals surface area (Å²) >= 11 is 0. The molecule has 1 aliphatic carbocycles. The number of anilines is 1. The molecule has 2 aliphatic rings. The Morgan fingerprint density at radius 2 is 1.81 bits per heavy atom. The average molecular weight is 358 g/mol. The van der Waals surface area contributed by atoms with Gasteiger partial charge >= 0.3 is 5.69 Å². The molecule has 0 unspecified atom stereocenters. The SMILES string of the molecule is Nn1c(=O)cc2n(C3CC3)c3cc(N4CCNCC4)c(F)cc3n2c1=O. The summed E-state index contributed by atoms with van der Waals surface area (Å²) in [5.74, 6) is 5.20. The van der Waals surface area contributed by atoms with Gasteiger partial charge in [0.05, 0.1) is 16.7 Å². The standard InChI is InChI=1S/C17H19FN6O2/c18-11-7-13-14(8-12(11)21-5-3-20-4-6-21)22(10-1-2-10)15-9-16(25)24(19)17(26)23(13)15/h7-10,20H,1-6,19H2. The lowest BCUT2D eigenvalue weighted by molar-refractivity contribution is 0.567. The number of halogens is 1. The summed E-state index contributed by atoms with van der Waals surface area (Å²) < 4.78 is 18.8. The summed E-state index contributed by atoms with van der Waals surface area (Å²) in [6.45, 7) is 3.05. The first-order chi connectivity index (χ1) is 12.6. The van der Waals surface area contributed by atoms with Gasteiger partial charge in [-0.25, -0.2) is 13.6 Å². The van der Waals surface area contributed by atoms with Gasteiger partial charge < -0.3 is 20.6 Å². The van der Waals surface area contributed by atoms with Gasteiger partial charge in [-0.05, 0) is 18.9 Å². The quantitative estimate of drug-likeness (QED) is 0.630. The van der Waals surface area contributed by atoms with Crippen molar-refractivity contribution in [3.63, 3.8) is 0 Å². The number of nitrogens with zero attached hydrogens (tertiary/aromatic N) is 4. The maximum atomic E-state index is 14.9. The Labute approximate surface area is 147 Å². The van der Waals surface area contributed by atoms with E-state index in [1.54, 1.807) is 6.07 Å². The van der Waals surface area contributed by atoms with Crippen LogP contribution in [0.3, 0.4) is 0 Å². The summed E-state index contributed by atoms with van der Waals surface area (Å²) in [6.07, 6.45) is 1.94. The maximum absolute atomic E-state index is 14.9. The summed E-state index contributed by atoms with van der Waals surface area (Å²) in [6, 6.07) is 4.75. The molecular formula is C17H19FN6O2. The summed E-state index contributed by atoms with van der Waals surface area (Å²) in [7, 11) is 0. The second-order valence-corrected chi connectivity index (χ2v) is 6.96. The minimum absolute atomic E-state index is 0.219. The number of benzene rings is 1. The molecule has 8 nitrogen and oxygen atoms in total. The van der Waals surface area contributed by atoms with Crippen molar-refractivity contribution in [3.05, 3.63) is 44.9 Å². The lowest BCUT2D eigenvalue weighted by Gasteiger charge is -2.29. The summed E-state index contributed by atoms with van der Waals surface area (Å²) in [5.41, 5.74) is 0.960. The Morgan fingerprint density at radius 1 is 1.08 bits per heavy atom. The van der Waals surface area contributed by atoms with E-state index in [4.69, 9.17) is 5.84 Å².